The first-order chi connectivity index (χ1) is 8.04. The van der Waals surface area contributed by atoms with Crippen LogP contribution in [-0.2, 0) is 24.4 Å². The van der Waals surface area contributed by atoms with Gasteiger partial charge in [-0.1, -0.05) is 0 Å². The Morgan fingerprint density at radius 2 is 1.56 bits per heavy atom. The van der Waals surface area contributed by atoms with E-state index in [9.17, 15) is 22.8 Å². The summed E-state index contributed by atoms with van der Waals surface area (Å²) in [6, 6.07) is 0. The first-order valence-electron chi connectivity index (χ1n) is 3.93. The Kier molecular flexibility index (Phi) is 5.20. The van der Waals surface area contributed by atoms with Crippen LogP contribution >= 0.6 is 0 Å². The molecule has 102 valence electrons. The maximum Gasteiger partial charge on any atom is 0.513 e. The van der Waals surface area contributed by atoms with Crippen LogP contribution in [0.2, 0.25) is 0 Å². The van der Waals surface area contributed by atoms with E-state index in [1.165, 1.54) is 0 Å². The zero-order chi connectivity index (χ0) is 14.5. The summed E-state index contributed by atoms with van der Waals surface area (Å²) in [6.45, 7) is 0. The number of carbonyl (C=O) groups excluding carboxylic acids is 1. The molecule has 1 atom stereocenters. The van der Waals surface area contributed by atoms with Gasteiger partial charge in [-0.05, 0) is 0 Å². The van der Waals surface area contributed by atoms with Gasteiger partial charge in [0, 0.05) is 0 Å². The molecule has 12 heteroatoms. The van der Waals surface area contributed by atoms with Crippen LogP contribution in [0.3, 0.4) is 0 Å². The predicted octanol–water partition coefficient (Wildman–Crippen LogP) is -0.474. The van der Waals surface area contributed by atoms with Crippen molar-refractivity contribution in [3.63, 3.8) is 0 Å². The summed E-state index contributed by atoms with van der Waals surface area (Å²) in [7, 11) is -5.09. The normalized spacial score (nSPS) is 12.3. The Labute approximate surface area is 99.2 Å². The lowest BCUT2D eigenvalue weighted by Crippen LogP contribution is -2.35. The van der Waals surface area contributed by atoms with Gasteiger partial charge in [0.15, 0.2) is 11.1 Å². The molecule has 0 aliphatic heterocycles. The molecule has 0 amide bonds. The SMILES string of the molecule is N=C(CC(C(=O)OC(=O)O)S(=O)(=O)O)OC(=O)O. The van der Waals surface area contributed by atoms with E-state index in [1.54, 1.807) is 0 Å². The van der Waals surface area contributed by atoms with Crippen molar-refractivity contribution < 1.29 is 47.0 Å². The molecule has 0 bridgehead atoms. The third-order valence-electron chi connectivity index (χ3n) is 1.39. The first kappa shape index (κ1) is 15.8. The molecule has 0 aliphatic carbocycles. The van der Waals surface area contributed by atoms with Crippen molar-refractivity contribution in [2.24, 2.45) is 0 Å². The van der Waals surface area contributed by atoms with E-state index in [1.807, 2.05) is 0 Å². The molecule has 0 rings (SSSR count). The molecular weight excluding hydrogens is 278 g/mol. The Balaban J connectivity index is 4.93. The highest BCUT2D eigenvalue weighted by Gasteiger charge is 2.36. The number of rotatable bonds is 4. The summed E-state index contributed by atoms with van der Waals surface area (Å²) in [4.78, 5) is 31.0. The summed E-state index contributed by atoms with van der Waals surface area (Å²) in [5.74, 6) is -3.07. The van der Waals surface area contributed by atoms with Crippen LogP contribution in [0.1, 0.15) is 6.42 Å². The van der Waals surface area contributed by atoms with Crippen molar-refractivity contribution in [3.8, 4) is 0 Å². The molecule has 0 heterocycles. The molecule has 0 aromatic carbocycles. The lowest BCUT2D eigenvalue weighted by molar-refractivity contribution is -0.138. The third kappa shape index (κ3) is 5.76. The van der Waals surface area contributed by atoms with Gasteiger partial charge in [-0.25, -0.2) is 14.4 Å². The molecule has 1 unspecified atom stereocenters. The molecule has 0 saturated heterocycles. The lowest BCUT2D eigenvalue weighted by atomic mass is 10.3. The second-order valence-electron chi connectivity index (χ2n) is 2.69. The van der Waals surface area contributed by atoms with E-state index < -0.39 is 46.0 Å². The average molecular weight is 285 g/mol. The van der Waals surface area contributed by atoms with Gasteiger partial charge in [-0.3, -0.25) is 9.96 Å². The average Bonchev–Trinajstić information content (AvgIpc) is 2.09. The van der Waals surface area contributed by atoms with Crippen LogP contribution in [0, 0.1) is 5.41 Å². The van der Waals surface area contributed by atoms with Crippen LogP contribution in [0.15, 0.2) is 0 Å². The monoisotopic (exact) mass is 285 g/mol. The number of esters is 1. The van der Waals surface area contributed by atoms with E-state index >= 15 is 0 Å². The highest BCUT2D eigenvalue weighted by molar-refractivity contribution is 7.87. The van der Waals surface area contributed by atoms with E-state index in [-0.39, 0.29) is 0 Å². The fourth-order valence-electron chi connectivity index (χ4n) is 0.777. The molecule has 11 nitrogen and oxygen atoms in total. The lowest BCUT2D eigenvalue weighted by Gasteiger charge is -2.10. The number of ether oxygens (including phenoxy) is 2. The zero-order valence-corrected chi connectivity index (χ0v) is 9.21. The smallest absolute Gasteiger partial charge is 0.449 e. The van der Waals surface area contributed by atoms with Crippen LogP contribution in [0.5, 0.6) is 0 Å². The Hall–Kier alpha value is -2.21. The van der Waals surface area contributed by atoms with Gasteiger partial charge in [-0.2, -0.15) is 8.42 Å². The fourth-order valence-corrected chi connectivity index (χ4v) is 1.43. The van der Waals surface area contributed by atoms with E-state index in [0.29, 0.717) is 0 Å². The number of carbonyl (C=O) groups is 3. The van der Waals surface area contributed by atoms with Crippen molar-refractivity contribution in [1.82, 2.24) is 0 Å². The van der Waals surface area contributed by atoms with Crippen molar-refractivity contribution >= 4 is 34.3 Å². The van der Waals surface area contributed by atoms with Gasteiger partial charge in [0.1, 0.15) is 0 Å². The summed E-state index contributed by atoms with van der Waals surface area (Å²) in [5, 5.41) is 20.6. The minimum absolute atomic E-state index is 1.19. The first-order valence-corrected chi connectivity index (χ1v) is 5.43. The van der Waals surface area contributed by atoms with Gasteiger partial charge in [-0.15, -0.1) is 0 Å². The van der Waals surface area contributed by atoms with Crippen LogP contribution in [-0.4, -0.2) is 52.6 Å². The van der Waals surface area contributed by atoms with Gasteiger partial charge in [0.05, 0.1) is 6.42 Å². The minimum atomic E-state index is -5.09. The molecule has 0 aromatic heterocycles. The summed E-state index contributed by atoms with van der Waals surface area (Å²) in [6.07, 6.45) is -5.27. The second-order valence-corrected chi connectivity index (χ2v) is 4.28. The van der Waals surface area contributed by atoms with Crippen molar-refractivity contribution in [3.05, 3.63) is 0 Å². The van der Waals surface area contributed by atoms with Crippen molar-refractivity contribution in [2.75, 3.05) is 0 Å². The number of carboxylic acid groups (broad SMARTS) is 2. The predicted molar refractivity (Wildman–Crippen MR) is 50.9 cm³/mol. The molecule has 0 fully saturated rings. The molecule has 0 radical (unpaired) electrons. The Morgan fingerprint density at radius 3 is 1.89 bits per heavy atom. The third-order valence-corrected chi connectivity index (χ3v) is 2.47. The zero-order valence-electron chi connectivity index (χ0n) is 8.39. The van der Waals surface area contributed by atoms with E-state index in [2.05, 4.69) is 9.47 Å². The van der Waals surface area contributed by atoms with Gasteiger partial charge in [0.25, 0.3) is 10.1 Å². The highest BCUT2D eigenvalue weighted by Crippen LogP contribution is 2.09. The highest BCUT2D eigenvalue weighted by atomic mass is 32.2. The van der Waals surface area contributed by atoms with Crippen molar-refractivity contribution in [2.45, 2.75) is 11.7 Å². The molecule has 0 aliphatic rings. The molecule has 4 N–H and O–H groups in total. The molecule has 18 heavy (non-hydrogen) atoms. The van der Waals surface area contributed by atoms with Gasteiger partial charge in [0.2, 0.25) is 0 Å². The summed E-state index contributed by atoms with van der Waals surface area (Å²) >= 11 is 0. The topological polar surface area (TPSA) is 188 Å². The van der Waals surface area contributed by atoms with Crippen LogP contribution in [0.4, 0.5) is 9.59 Å². The summed E-state index contributed by atoms with van der Waals surface area (Å²) < 4.78 is 37.3. The molecular formula is C6H7NO10S. The molecule has 0 aromatic rings. The number of nitrogens with one attached hydrogen (secondary N) is 1. The van der Waals surface area contributed by atoms with E-state index in [0.717, 1.165) is 0 Å². The van der Waals surface area contributed by atoms with Crippen LogP contribution in [0.25, 0.3) is 0 Å². The standard InChI is InChI=1S/C6H7NO10S/c7-3(16-5(9)10)1-2(18(13,14)15)4(8)17-6(11)12/h2,7H,1H2,(H,9,10)(H,11,12)(H,13,14,15). The minimum Gasteiger partial charge on any atom is -0.449 e. The fraction of sp³-hybridized carbons (Fsp3) is 0.333. The summed E-state index contributed by atoms with van der Waals surface area (Å²) in [5.41, 5.74) is 0. The molecule has 0 spiro atoms. The molecule has 0 saturated carbocycles. The van der Waals surface area contributed by atoms with Crippen molar-refractivity contribution in [1.29, 1.82) is 5.41 Å². The Bertz CT molecular complexity index is 479. The Morgan fingerprint density at radius 1 is 1.11 bits per heavy atom. The maximum absolute atomic E-state index is 11.0. The van der Waals surface area contributed by atoms with Gasteiger partial charge < -0.3 is 19.7 Å². The number of hydrogen-bond donors (Lipinski definition) is 4. The quantitative estimate of drug-likeness (QED) is 0.172. The van der Waals surface area contributed by atoms with E-state index in [4.69, 9.17) is 20.2 Å². The van der Waals surface area contributed by atoms with Gasteiger partial charge >= 0.3 is 18.3 Å². The largest absolute Gasteiger partial charge is 0.513 e. The second kappa shape index (κ2) is 5.92. The number of hydrogen-bond acceptors (Lipinski definition) is 8. The van der Waals surface area contributed by atoms with Crippen LogP contribution < -0.4 is 0 Å². The maximum atomic E-state index is 11.0.